The van der Waals surface area contributed by atoms with Crippen LogP contribution >= 0.6 is 0 Å². The average Bonchev–Trinajstić information content (AvgIpc) is 3.00. The number of halogens is 1. The monoisotopic (exact) mass is 266 g/mol. The molecule has 2 heterocycles. The molecule has 0 aliphatic heterocycles. The van der Waals surface area contributed by atoms with E-state index >= 15 is 0 Å². The summed E-state index contributed by atoms with van der Waals surface area (Å²) in [6.45, 7) is 0. The molecular formula is C15H11FN4. The lowest BCUT2D eigenvalue weighted by molar-refractivity contribution is 0.629. The third-order valence-corrected chi connectivity index (χ3v) is 3.43. The predicted octanol–water partition coefficient (Wildman–Crippen LogP) is 3.26. The van der Waals surface area contributed by atoms with Crippen molar-refractivity contribution < 1.29 is 4.39 Å². The van der Waals surface area contributed by atoms with Crippen LogP contribution in [0.4, 0.5) is 4.39 Å². The van der Waals surface area contributed by atoms with Crippen molar-refractivity contribution in [3.05, 3.63) is 48.3 Å². The van der Waals surface area contributed by atoms with Crippen molar-refractivity contribution in [3.8, 4) is 11.5 Å². The van der Waals surface area contributed by atoms with Crippen molar-refractivity contribution in [1.29, 1.82) is 0 Å². The van der Waals surface area contributed by atoms with Gasteiger partial charge in [-0.3, -0.25) is 4.68 Å². The Bertz CT molecular complexity index is 936. The van der Waals surface area contributed by atoms with E-state index in [1.807, 2.05) is 36.0 Å². The molecule has 2 aromatic carbocycles. The lowest BCUT2D eigenvalue weighted by Gasteiger charge is -1.91. The van der Waals surface area contributed by atoms with Gasteiger partial charge in [-0.05, 0) is 24.3 Å². The van der Waals surface area contributed by atoms with E-state index in [0.717, 1.165) is 22.1 Å². The van der Waals surface area contributed by atoms with Crippen molar-refractivity contribution in [2.75, 3.05) is 0 Å². The van der Waals surface area contributed by atoms with Gasteiger partial charge in [0.15, 0.2) is 5.82 Å². The van der Waals surface area contributed by atoms with Gasteiger partial charge in [0.1, 0.15) is 11.5 Å². The molecule has 0 fully saturated rings. The zero-order chi connectivity index (χ0) is 13.7. The molecule has 4 nitrogen and oxygen atoms in total. The molecule has 0 saturated heterocycles. The molecule has 1 N–H and O–H groups in total. The molecule has 0 atom stereocenters. The molecule has 0 bridgehead atoms. The van der Waals surface area contributed by atoms with Gasteiger partial charge in [-0.1, -0.05) is 18.2 Å². The molecule has 20 heavy (non-hydrogen) atoms. The summed E-state index contributed by atoms with van der Waals surface area (Å²) in [7, 11) is 1.90. The van der Waals surface area contributed by atoms with Gasteiger partial charge in [-0.25, -0.2) is 9.37 Å². The zero-order valence-electron chi connectivity index (χ0n) is 10.8. The second-order valence-corrected chi connectivity index (χ2v) is 4.74. The van der Waals surface area contributed by atoms with E-state index in [0.29, 0.717) is 11.3 Å². The lowest BCUT2D eigenvalue weighted by Crippen LogP contribution is -1.90. The number of benzene rings is 2. The van der Waals surface area contributed by atoms with Crippen molar-refractivity contribution in [1.82, 2.24) is 19.7 Å². The summed E-state index contributed by atoms with van der Waals surface area (Å²) in [5.74, 6) is 0.376. The normalized spacial score (nSPS) is 11.5. The summed E-state index contributed by atoms with van der Waals surface area (Å²) in [6, 6.07) is 12.5. The van der Waals surface area contributed by atoms with Crippen LogP contribution in [-0.2, 0) is 7.05 Å². The summed E-state index contributed by atoms with van der Waals surface area (Å²) in [4.78, 5) is 7.62. The Balaban J connectivity index is 2.01. The Morgan fingerprint density at radius 3 is 2.90 bits per heavy atom. The molecule has 0 aliphatic carbocycles. The predicted molar refractivity (Wildman–Crippen MR) is 75.8 cm³/mol. The Morgan fingerprint density at radius 1 is 1.15 bits per heavy atom. The van der Waals surface area contributed by atoms with Crippen molar-refractivity contribution in [2.24, 2.45) is 7.05 Å². The van der Waals surface area contributed by atoms with E-state index in [4.69, 9.17) is 0 Å². The molecule has 4 aromatic rings. The van der Waals surface area contributed by atoms with Crippen LogP contribution < -0.4 is 0 Å². The van der Waals surface area contributed by atoms with Crippen LogP contribution in [0.2, 0.25) is 0 Å². The Labute approximate surface area is 113 Å². The van der Waals surface area contributed by atoms with E-state index in [2.05, 4.69) is 15.1 Å². The summed E-state index contributed by atoms with van der Waals surface area (Å²) in [6.07, 6.45) is 0. The molecule has 0 unspecified atom stereocenters. The van der Waals surface area contributed by atoms with Crippen molar-refractivity contribution >= 4 is 21.9 Å². The second-order valence-electron chi connectivity index (χ2n) is 4.74. The number of nitrogens with one attached hydrogen (secondary N) is 1. The van der Waals surface area contributed by atoms with Gasteiger partial charge < -0.3 is 4.98 Å². The highest BCUT2D eigenvalue weighted by Crippen LogP contribution is 2.27. The van der Waals surface area contributed by atoms with E-state index in [-0.39, 0.29) is 5.82 Å². The van der Waals surface area contributed by atoms with Crippen LogP contribution in [0.25, 0.3) is 33.5 Å². The smallest absolute Gasteiger partial charge is 0.159 e. The quantitative estimate of drug-likeness (QED) is 0.575. The highest BCUT2D eigenvalue weighted by molar-refractivity contribution is 5.93. The summed E-state index contributed by atoms with van der Waals surface area (Å²) in [5.41, 5.74) is 3.22. The molecule has 4 rings (SSSR count). The maximum absolute atomic E-state index is 13.2. The first kappa shape index (κ1) is 11.2. The highest BCUT2D eigenvalue weighted by Gasteiger charge is 2.13. The number of H-pyrrole nitrogens is 1. The van der Waals surface area contributed by atoms with E-state index in [9.17, 15) is 4.39 Å². The number of aryl methyl sites for hydroxylation is 1. The van der Waals surface area contributed by atoms with Crippen molar-refractivity contribution in [3.63, 3.8) is 0 Å². The van der Waals surface area contributed by atoms with E-state index in [1.54, 1.807) is 6.07 Å². The minimum absolute atomic E-state index is 0.279. The fraction of sp³-hybridized carbons (Fsp3) is 0.0667. The number of para-hydroxylation sites is 1. The first-order valence-corrected chi connectivity index (χ1v) is 6.30. The van der Waals surface area contributed by atoms with Gasteiger partial charge in [0.05, 0.1) is 16.6 Å². The fourth-order valence-corrected chi connectivity index (χ4v) is 2.48. The molecule has 5 heteroatoms. The fourth-order valence-electron chi connectivity index (χ4n) is 2.48. The van der Waals surface area contributed by atoms with Crippen LogP contribution in [0, 0.1) is 5.82 Å². The molecule has 98 valence electrons. The SMILES string of the molecule is Cn1nc(-c2nc3ccc(F)cc3[nH]2)c2ccccc21. The molecule has 0 radical (unpaired) electrons. The van der Waals surface area contributed by atoms with Crippen LogP contribution in [0.3, 0.4) is 0 Å². The molecule has 0 saturated carbocycles. The number of aromatic nitrogens is 4. The third-order valence-electron chi connectivity index (χ3n) is 3.43. The lowest BCUT2D eigenvalue weighted by atomic mass is 10.2. The summed E-state index contributed by atoms with van der Waals surface area (Å²) >= 11 is 0. The number of hydrogen-bond acceptors (Lipinski definition) is 2. The van der Waals surface area contributed by atoms with Gasteiger partial charge >= 0.3 is 0 Å². The Morgan fingerprint density at radius 2 is 2.00 bits per heavy atom. The molecule has 2 aromatic heterocycles. The van der Waals surface area contributed by atoms with Gasteiger partial charge in [0, 0.05) is 12.4 Å². The molecular weight excluding hydrogens is 255 g/mol. The Kier molecular flexibility index (Phi) is 2.18. The van der Waals surface area contributed by atoms with Crippen molar-refractivity contribution in [2.45, 2.75) is 0 Å². The largest absolute Gasteiger partial charge is 0.336 e. The summed E-state index contributed by atoms with van der Waals surface area (Å²) < 4.78 is 15.1. The van der Waals surface area contributed by atoms with Gasteiger partial charge in [-0.2, -0.15) is 5.10 Å². The standard InChI is InChI=1S/C15H11FN4/c1-20-13-5-3-2-4-10(13)14(19-20)15-17-11-7-6-9(16)8-12(11)18-15/h2-8H,1H3,(H,17,18). The third kappa shape index (κ3) is 1.53. The molecule has 0 spiro atoms. The van der Waals surface area contributed by atoms with Crippen LogP contribution in [0.15, 0.2) is 42.5 Å². The Hall–Kier alpha value is -2.69. The van der Waals surface area contributed by atoms with Gasteiger partial charge in [-0.15, -0.1) is 0 Å². The molecule has 0 aliphatic rings. The number of nitrogens with zero attached hydrogens (tertiary/aromatic N) is 3. The van der Waals surface area contributed by atoms with Gasteiger partial charge in [0.25, 0.3) is 0 Å². The summed E-state index contributed by atoms with van der Waals surface area (Å²) in [5, 5.41) is 5.53. The van der Waals surface area contributed by atoms with Crippen LogP contribution in [-0.4, -0.2) is 19.7 Å². The average molecular weight is 266 g/mol. The number of aromatic amines is 1. The second kappa shape index (κ2) is 3.90. The molecule has 0 amide bonds. The maximum atomic E-state index is 13.2. The highest BCUT2D eigenvalue weighted by atomic mass is 19.1. The first-order chi connectivity index (χ1) is 9.72. The number of hydrogen-bond donors (Lipinski definition) is 1. The van der Waals surface area contributed by atoms with E-state index < -0.39 is 0 Å². The number of rotatable bonds is 1. The first-order valence-electron chi connectivity index (χ1n) is 6.30. The zero-order valence-corrected chi connectivity index (χ0v) is 10.8. The minimum Gasteiger partial charge on any atom is -0.336 e. The van der Waals surface area contributed by atoms with Crippen LogP contribution in [0.1, 0.15) is 0 Å². The number of imidazole rings is 1. The maximum Gasteiger partial charge on any atom is 0.159 e. The minimum atomic E-state index is -0.279. The van der Waals surface area contributed by atoms with Gasteiger partial charge in [0.2, 0.25) is 0 Å². The topological polar surface area (TPSA) is 46.5 Å². The number of fused-ring (bicyclic) bond motifs is 2. The van der Waals surface area contributed by atoms with E-state index in [1.165, 1.54) is 12.1 Å². The van der Waals surface area contributed by atoms with Crippen LogP contribution in [0.5, 0.6) is 0 Å².